The Morgan fingerprint density at radius 3 is 2.71 bits per heavy atom. The Kier molecular flexibility index (Phi) is 3.47. The van der Waals surface area contributed by atoms with Crippen LogP contribution < -0.4 is 5.73 Å². The number of pyridine rings is 1. The molecule has 3 aromatic heterocycles. The van der Waals surface area contributed by atoms with Crippen molar-refractivity contribution in [3.63, 3.8) is 0 Å². The van der Waals surface area contributed by atoms with Crippen LogP contribution in [0, 0.1) is 11.3 Å². The molecule has 0 fully saturated rings. The molecule has 3 heterocycles. The second-order valence-corrected chi connectivity index (χ2v) is 5.80. The Balaban J connectivity index is 2.00. The molecule has 0 spiro atoms. The number of nitrogen functional groups attached to an aromatic ring is 1. The monoisotopic (exact) mass is 316 g/mol. The van der Waals surface area contributed by atoms with Gasteiger partial charge >= 0.3 is 0 Å². The van der Waals surface area contributed by atoms with E-state index in [4.69, 9.17) is 5.73 Å². The largest absolute Gasteiger partial charge is 0.383 e. The zero-order valence-electron chi connectivity index (χ0n) is 13.1. The molecule has 0 unspecified atom stereocenters. The predicted molar refractivity (Wildman–Crippen MR) is 90.4 cm³/mol. The van der Waals surface area contributed by atoms with Gasteiger partial charge in [-0.15, -0.1) is 0 Å². The molecule has 0 bridgehead atoms. The highest BCUT2D eigenvalue weighted by molar-refractivity contribution is 5.78. The standard InChI is InChI=1S/C18H16N6/c19-11-13-16(12-5-1-2-6-14(12)23-17(13)20)15-7-3-10-24(15)18-21-8-4-9-22-18/h3-4,7-10H,1-2,5-6H2,(H2,20,23). The number of nitrogens with two attached hydrogens (primary N) is 1. The summed E-state index contributed by atoms with van der Waals surface area (Å²) in [7, 11) is 0. The van der Waals surface area contributed by atoms with Crippen LogP contribution in [0.4, 0.5) is 5.82 Å². The summed E-state index contributed by atoms with van der Waals surface area (Å²) in [6.45, 7) is 0. The highest BCUT2D eigenvalue weighted by Gasteiger charge is 2.24. The molecular formula is C18H16N6. The van der Waals surface area contributed by atoms with Crippen LogP contribution in [0.25, 0.3) is 17.2 Å². The fourth-order valence-electron chi connectivity index (χ4n) is 3.33. The summed E-state index contributed by atoms with van der Waals surface area (Å²) >= 11 is 0. The maximum Gasteiger partial charge on any atom is 0.234 e. The zero-order valence-corrected chi connectivity index (χ0v) is 13.1. The summed E-state index contributed by atoms with van der Waals surface area (Å²) in [4.78, 5) is 13.1. The molecule has 0 aliphatic heterocycles. The van der Waals surface area contributed by atoms with Gasteiger partial charge in [0.25, 0.3) is 0 Å². The topological polar surface area (TPSA) is 93.4 Å². The van der Waals surface area contributed by atoms with E-state index in [1.807, 2.05) is 22.9 Å². The first-order valence-electron chi connectivity index (χ1n) is 7.96. The Hall–Kier alpha value is -3.20. The minimum absolute atomic E-state index is 0.301. The van der Waals surface area contributed by atoms with E-state index in [-0.39, 0.29) is 0 Å². The van der Waals surface area contributed by atoms with Crippen LogP contribution in [-0.2, 0) is 12.8 Å². The second kappa shape index (κ2) is 5.78. The van der Waals surface area contributed by atoms with Gasteiger partial charge in [-0.25, -0.2) is 15.0 Å². The van der Waals surface area contributed by atoms with Gasteiger partial charge in [-0.1, -0.05) is 0 Å². The SMILES string of the molecule is N#Cc1c(N)nc2c(c1-c1cccn1-c1ncccn1)CCCC2. The number of nitrogens with zero attached hydrogens (tertiary/aromatic N) is 5. The van der Waals surface area contributed by atoms with Crippen molar-refractivity contribution in [3.8, 4) is 23.3 Å². The molecule has 1 aliphatic rings. The van der Waals surface area contributed by atoms with Crippen LogP contribution in [0.2, 0.25) is 0 Å². The molecule has 24 heavy (non-hydrogen) atoms. The quantitative estimate of drug-likeness (QED) is 0.784. The van der Waals surface area contributed by atoms with Crippen LogP contribution in [0.5, 0.6) is 0 Å². The molecule has 0 aromatic carbocycles. The normalized spacial score (nSPS) is 13.3. The molecule has 4 rings (SSSR count). The smallest absolute Gasteiger partial charge is 0.234 e. The van der Waals surface area contributed by atoms with Crippen LogP contribution in [0.3, 0.4) is 0 Å². The van der Waals surface area contributed by atoms with Gasteiger partial charge in [0.05, 0.1) is 5.69 Å². The van der Waals surface area contributed by atoms with Crippen molar-refractivity contribution in [2.75, 3.05) is 5.73 Å². The minimum atomic E-state index is 0.301. The fourth-order valence-corrected chi connectivity index (χ4v) is 3.33. The third-order valence-corrected chi connectivity index (χ3v) is 4.39. The number of nitriles is 1. The second-order valence-electron chi connectivity index (χ2n) is 5.80. The highest BCUT2D eigenvalue weighted by atomic mass is 15.1. The lowest BCUT2D eigenvalue weighted by molar-refractivity contribution is 0.669. The third-order valence-electron chi connectivity index (χ3n) is 4.39. The number of aromatic nitrogens is 4. The first-order chi connectivity index (χ1) is 11.8. The molecule has 0 atom stereocenters. The van der Waals surface area contributed by atoms with Crippen LogP contribution in [-0.4, -0.2) is 19.5 Å². The molecule has 6 heteroatoms. The van der Waals surface area contributed by atoms with Crippen molar-refractivity contribution in [2.45, 2.75) is 25.7 Å². The Bertz CT molecular complexity index is 936. The van der Waals surface area contributed by atoms with E-state index in [9.17, 15) is 5.26 Å². The van der Waals surface area contributed by atoms with Crippen molar-refractivity contribution >= 4 is 5.82 Å². The van der Waals surface area contributed by atoms with Gasteiger partial charge < -0.3 is 5.73 Å². The van der Waals surface area contributed by atoms with E-state index in [0.717, 1.165) is 48.2 Å². The number of aryl methyl sites for hydroxylation is 1. The highest BCUT2D eigenvalue weighted by Crippen LogP contribution is 2.36. The maximum atomic E-state index is 9.65. The maximum absolute atomic E-state index is 9.65. The Labute approximate surface area is 139 Å². The molecule has 6 nitrogen and oxygen atoms in total. The zero-order chi connectivity index (χ0) is 16.5. The van der Waals surface area contributed by atoms with Gasteiger partial charge in [0.1, 0.15) is 17.5 Å². The molecule has 1 aliphatic carbocycles. The molecule has 0 saturated heterocycles. The number of rotatable bonds is 2. The molecule has 0 radical (unpaired) electrons. The van der Waals surface area contributed by atoms with Gasteiger partial charge in [0.2, 0.25) is 5.95 Å². The summed E-state index contributed by atoms with van der Waals surface area (Å²) in [5.41, 5.74) is 10.4. The lowest BCUT2D eigenvalue weighted by Crippen LogP contribution is -2.13. The molecule has 0 amide bonds. The van der Waals surface area contributed by atoms with Gasteiger partial charge in [-0.3, -0.25) is 4.57 Å². The van der Waals surface area contributed by atoms with Crippen LogP contribution >= 0.6 is 0 Å². The first kappa shape index (κ1) is 14.4. The van der Waals surface area contributed by atoms with E-state index >= 15 is 0 Å². The minimum Gasteiger partial charge on any atom is -0.383 e. The third kappa shape index (κ3) is 2.22. The average molecular weight is 316 g/mol. The Morgan fingerprint density at radius 2 is 1.92 bits per heavy atom. The van der Waals surface area contributed by atoms with E-state index in [1.165, 1.54) is 0 Å². The molecule has 3 aromatic rings. The lowest BCUT2D eigenvalue weighted by atomic mass is 9.88. The van der Waals surface area contributed by atoms with Gasteiger partial charge in [0, 0.05) is 29.8 Å². The van der Waals surface area contributed by atoms with Crippen LogP contribution in [0.15, 0.2) is 36.8 Å². The van der Waals surface area contributed by atoms with Crippen molar-refractivity contribution in [1.82, 2.24) is 19.5 Å². The van der Waals surface area contributed by atoms with Crippen molar-refractivity contribution < 1.29 is 0 Å². The van der Waals surface area contributed by atoms with Crippen molar-refractivity contribution in [3.05, 3.63) is 53.6 Å². The molecule has 118 valence electrons. The van der Waals surface area contributed by atoms with Gasteiger partial charge in [0.15, 0.2) is 0 Å². The summed E-state index contributed by atoms with van der Waals surface area (Å²) in [6, 6.07) is 7.92. The number of hydrogen-bond acceptors (Lipinski definition) is 5. The molecule has 2 N–H and O–H groups in total. The van der Waals surface area contributed by atoms with Crippen LogP contribution in [0.1, 0.15) is 29.7 Å². The van der Waals surface area contributed by atoms with Crippen molar-refractivity contribution in [2.24, 2.45) is 0 Å². The summed E-state index contributed by atoms with van der Waals surface area (Å²) in [5.74, 6) is 0.871. The summed E-state index contributed by atoms with van der Waals surface area (Å²) in [6.07, 6.45) is 9.32. The molecular weight excluding hydrogens is 300 g/mol. The van der Waals surface area contributed by atoms with Crippen molar-refractivity contribution in [1.29, 1.82) is 5.26 Å². The van der Waals surface area contributed by atoms with E-state index < -0.39 is 0 Å². The number of anilines is 1. The summed E-state index contributed by atoms with van der Waals surface area (Å²) < 4.78 is 1.89. The summed E-state index contributed by atoms with van der Waals surface area (Å²) in [5, 5.41) is 9.65. The number of hydrogen-bond donors (Lipinski definition) is 1. The average Bonchev–Trinajstić information content (AvgIpc) is 3.10. The predicted octanol–water partition coefficient (Wildman–Crippen LogP) is 2.66. The number of fused-ring (bicyclic) bond motifs is 1. The molecule has 0 saturated carbocycles. The van der Waals surface area contributed by atoms with E-state index in [0.29, 0.717) is 17.3 Å². The van der Waals surface area contributed by atoms with Gasteiger partial charge in [-0.05, 0) is 49.4 Å². The van der Waals surface area contributed by atoms with E-state index in [1.54, 1.807) is 18.5 Å². The fraction of sp³-hybridized carbons (Fsp3) is 0.222. The van der Waals surface area contributed by atoms with Gasteiger partial charge in [-0.2, -0.15) is 5.26 Å². The van der Waals surface area contributed by atoms with E-state index in [2.05, 4.69) is 21.0 Å². The lowest BCUT2D eigenvalue weighted by Gasteiger charge is -2.21. The first-order valence-corrected chi connectivity index (χ1v) is 7.96. The Morgan fingerprint density at radius 1 is 1.12 bits per heavy atom.